The average Bonchev–Trinajstić information content (AvgIpc) is 3.11. The highest BCUT2D eigenvalue weighted by atomic mass is 16.6. The van der Waals surface area contributed by atoms with Gasteiger partial charge in [-0.15, -0.1) is 0 Å². The largest absolute Gasteiger partial charge is 0.394 e. The molecule has 1 fully saturated rings. The van der Waals surface area contributed by atoms with Gasteiger partial charge in [-0.3, -0.25) is 9.13 Å². The zero-order chi connectivity index (χ0) is 20.6. The minimum Gasteiger partial charge on any atom is -0.394 e. The molecular weight excluding hydrogens is 374 g/mol. The van der Waals surface area contributed by atoms with Gasteiger partial charge in [-0.05, 0) is 6.92 Å². The summed E-state index contributed by atoms with van der Waals surface area (Å²) in [5.74, 6) is -0.159. The fraction of sp³-hybridized carbons (Fsp3) is 0.562. The molecule has 0 radical (unpaired) electrons. The lowest BCUT2D eigenvalue weighted by atomic mass is 9.98. The number of nitrogens with two attached hydrogens (primary N) is 1. The van der Waals surface area contributed by atoms with Crippen LogP contribution in [-0.4, -0.2) is 82.3 Å². The molecular formula is C16H23N5O7. The molecule has 154 valence electrons. The van der Waals surface area contributed by atoms with Crippen LogP contribution in [0.15, 0.2) is 22.8 Å². The van der Waals surface area contributed by atoms with E-state index in [1.165, 1.54) is 15.5 Å². The van der Waals surface area contributed by atoms with Crippen molar-refractivity contribution >= 4 is 17.0 Å². The highest BCUT2D eigenvalue weighted by Crippen LogP contribution is 2.31. The molecule has 2 aromatic rings. The molecule has 5 atom stereocenters. The van der Waals surface area contributed by atoms with Crippen molar-refractivity contribution in [3.8, 4) is 0 Å². The van der Waals surface area contributed by atoms with E-state index in [0.717, 1.165) is 0 Å². The van der Waals surface area contributed by atoms with Crippen molar-refractivity contribution in [2.24, 2.45) is 0 Å². The van der Waals surface area contributed by atoms with E-state index in [9.17, 15) is 25.2 Å². The quantitative estimate of drug-likeness (QED) is 0.285. The molecule has 12 nitrogen and oxygen atoms in total. The Morgan fingerprint density at radius 2 is 2.00 bits per heavy atom. The van der Waals surface area contributed by atoms with Gasteiger partial charge in [-0.1, -0.05) is 11.6 Å². The lowest BCUT2D eigenvalue weighted by Gasteiger charge is -2.40. The average molecular weight is 397 g/mol. The third kappa shape index (κ3) is 3.41. The van der Waals surface area contributed by atoms with Gasteiger partial charge in [0, 0.05) is 6.54 Å². The maximum Gasteiger partial charge on any atom is 0.351 e. The molecule has 12 heteroatoms. The van der Waals surface area contributed by atoms with Gasteiger partial charge in [-0.25, -0.2) is 9.78 Å². The second-order valence-corrected chi connectivity index (χ2v) is 6.64. The van der Waals surface area contributed by atoms with E-state index in [-0.39, 0.29) is 30.1 Å². The van der Waals surface area contributed by atoms with Gasteiger partial charge in [0.05, 0.1) is 19.5 Å². The number of allylic oxidation sites excluding steroid dienone is 1. The van der Waals surface area contributed by atoms with Crippen molar-refractivity contribution in [2.45, 2.75) is 44.1 Å². The van der Waals surface area contributed by atoms with Crippen LogP contribution in [0.25, 0.3) is 11.2 Å². The SMILES string of the molecule is C/C(=C/Cn1c(=O)nc(N)c2c1ncn2[C@@H]1O[C@H](CO)[C@@H](O)[C@H](O)[C@H]1O)CO. The number of hydrogen-bond donors (Lipinski definition) is 6. The molecule has 1 aliphatic rings. The maximum absolute atomic E-state index is 12.2. The lowest BCUT2D eigenvalue weighted by Crippen LogP contribution is -2.56. The van der Waals surface area contributed by atoms with Crippen molar-refractivity contribution in [3.05, 3.63) is 28.5 Å². The molecule has 0 aromatic carbocycles. The van der Waals surface area contributed by atoms with Gasteiger partial charge in [0.1, 0.15) is 29.9 Å². The number of nitrogens with zero attached hydrogens (tertiary/aromatic N) is 4. The standard InChI is InChI=1S/C16H23N5O7/c1-7(4-22)2-3-20-14-9(13(17)19-16(20)27)21(6-18-14)15-12(26)11(25)10(24)8(5-23)28-15/h2,6,8,10-12,15,22-26H,3-5H2,1H3,(H2,17,19,27)/b7-2-/t8-,10-,11+,12-,15-/m1/s1. The first-order valence-electron chi connectivity index (χ1n) is 8.60. The smallest absolute Gasteiger partial charge is 0.351 e. The Balaban J connectivity index is 2.10. The highest BCUT2D eigenvalue weighted by Gasteiger charge is 2.44. The van der Waals surface area contributed by atoms with Crippen LogP contribution in [0.4, 0.5) is 5.82 Å². The summed E-state index contributed by atoms with van der Waals surface area (Å²) in [5.41, 5.74) is 6.23. The van der Waals surface area contributed by atoms with E-state index < -0.39 is 42.9 Å². The van der Waals surface area contributed by atoms with Gasteiger partial charge in [0.2, 0.25) is 0 Å². The fourth-order valence-corrected chi connectivity index (χ4v) is 3.08. The topological polar surface area (TPSA) is 189 Å². The number of ether oxygens (including phenoxy) is 1. The van der Waals surface area contributed by atoms with Crippen LogP contribution < -0.4 is 11.4 Å². The van der Waals surface area contributed by atoms with Crippen molar-refractivity contribution in [2.75, 3.05) is 18.9 Å². The van der Waals surface area contributed by atoms with E-state index in [1.54, 1.807) is 13.0 Å². The van der Waals surface area contributed by atoms with Crippen LogP contribution in [0.1, 0.15) is 13.2 Å². The van der Waals surface area contributed by atoms with E-state index in [0.29, 0.717) is 5.57 Å². The van der Waals surface area contributed by atoms with E-state index in [4.69, 9.17) is 15.6 Å². The number of aliphatic hydroxyl groups excluding tert-OH is 5. The van der Waals surface area contributed by atoms with Crippen molar-refractivity contribution in [1.29, 1.82) is 0 Å². The predicted octanol–water partition coefficient (Wildman–Crippen LogP) is -2.91. The third-order valence-electron chi connectivity index (χ3n) is 4.73. The van der Waals surface area contributed by atoms with Crippen LogP contribution >= 0.6 is 0 Å². The molecule has 28 heavy (non-hydrogen) atoms. The minimum absolute atomic E-state index is 0.0840. The van der Waals surface area contributed by atoms with Crippen LogP contribution in [0.3, 0.4) is 0 Å². The maximum atomic E-state index is 12.2. The van der Waals surface area contributed by atoms with Crippen LogP contribution in [0.2, 0.25) is 0 Å². The molecule has 0 spiro atoms. The van der Waals surface area contributed by atoms with Crippen LogP contribution in [0, 0.1) is 0 Å². The van der Waals surface area contributed by atoms with Gasteiger partial charge in [0.15, 0.2) is 17.7 Å². The first-order valence-corrected chi connectivity index (χ1v) is 8.60. The molecule has 7 N–H and O–H groups in total. The molecule has 3 rings (SSSR count). The normalized spacial score (nSPS) is 28.8. The summed E-state index contributed by atoms with van der Waals surface area (Å²) >= 11 is 0. The number of rotatable bonds is 5. The summed E-state index contributed by atoms with van der Waals surface area (Å²) in [6.45, 7) is 1.03. The first kappa shape index (κ1) is 20.4. The Bertz CT molecular complexity index is 937. The van der Waals surface area contributed by atoms with Crippen molar-refractivity contribution in [3.63, 3.8) is 0 Å². The van der Waals surface area contributed by atoms with E-state index in [1.807, 2.05) is 0 Å². The number of anilines is 1. The number of aromatic nitrogens is 4. The summed E-state index contributed by atoms with van der Waals surface area (Å²) in [4.78, 5) is 20.2. The zero-order valence-electron chi connectivity index (χ0n) is 15.1. The van der Waals surface area contributed by atoms with Gasteiger partial charge < -0.3 is 36.0 Å². The molecule has 0 aliphatic carbocycles. The summed E-state index contributed by atoms with van der Waals surface area (Å²) in [5, 5.41) is 48.8. The molecule has 3 heterocycles. The van der Waals surface area contributed by atoms with E-state index in [2.05, 4.69) is 9.97 Å². The number of aliphatic hydroxyl groups is 5. The van der Waals surface area contributed by atoms with Gasteiger partial charge >= 0.3 is 5.69 Å². The molecule has 1 saturated heterocycles. The van der Waals surface area contributed by atoms with Gasteiger partial charge in [0.25, 0.3) is 0 Å². The summed E-state index contributed by atoms with van der Waals surface area (Å²) in [6, 6.07) is 0. The number of imidazole rings is 1. The Kier molecular flexibility index (Phi) is 5.79. The summed E-state index contributed by atoms with van der Waals surface area (Å²) < 4.78 is 8.04. The second kappa shape index (κ2) is 7.95. The molecule has 2 aromatic heterocycles. The molecule has 0 amide bonds. The Labute approximate surface area is 158 Å². The highest BCUT2D eigenvalue weighted by molar-refractivity contribution is 5.82. The molecule has 0 bridgehead atoms. The number of hydrogen-bond acceptors (Lipinski definition) is 10. The van der Waals surface area contributed by atoms with Gasteiger partial charge in [-0.2, -0.15) is 4.98 Å². The molecule has 0 saturated carbocycles. The number of nitrogen functional groups attached to an aromatic ring is 1. The third-order valence-corrected chi connectivity index (χ3v) is 4.73. The summed E-state index contributed by atoms with van der Waals surface area (Å²) in [6.07, 6.45) is -4.10. The molecule has 1 aliphatic heterocycles. The van der Waals surface area contributed by atoms with Crippen molar-refractivity contribution < 1.29 is 30.3 Å². The van der Waals surface area contributed by atoms with Crippen LogP contribution in [0.5, 0.6) is 0 Å². The minimum atomic E-state index is -1.58. The van der Waals surface area contributed by atoms with Crippen molar-refractivity contribution in [1.82, 2.24) is 19.1 Å². The second-order valence-electron chi connectivity index (χ2n) is 6.64. The Morgan fingerprint density at radius 3 is 2.64 bits per heavy atom. The zero-order valence-corrected chi connectivity index (χ0v) is 15.1. The Morgan fingerprint density at radius 1 is 1.29 bits per heavy atom. The predicted molar refractivity (Wildman–Crippen MR) is 96.1 cm³/mol. The van der Waals surface area contributed by atoms with E-state index >= 15 is 0 Å². The fourth-order valence-electron chi connectivity index (χ4n) is 3.08. The Hall–Kier alpha value is -2.35. The first-order chi connectivity index (χ1) is 13.3. The monoisotopic (exact) mass is 397 g/mol. The molecule has 0 unspecified atom stereocenters. The summed E-state index contributed by atoms with van der Waals surface area (Å²) in [7, 11) is 0. The number of fused-ring (bicyclic) bond motifs is 1. The van der Waals surface area contributed by atoms with Crippen LogP contribution in [-0.2, 0) is 11.3 Å². The lowest BCUT2D eigenvalue weighted by molar-refractivity contribution is -0.250.